The highest BCUT2D eigenvalue weighted by molar-refractivity contribution is 5.84. The zero-order valence-corrected chi connectivity index (χ0v) is 7.48. The Balaban J connectivity index is 2.64. The van der Waals surface area contributed by atoms with Crippen LogP contribution < -0.4 is 4.74 Å². The second-order valence-electron chi connectivity index (χ2n) is 2.64. The number of aromatic carboxylic acids is 1. The maximum Gasteiger partial charge on any atom is 0.394 e. The minimum atomic E-state index is -1.12. The van der Waals surface area contributed by atoms with E-state index in [1.165, 1.54) is 0 Å². The lowest BCUT2D eigenvalue weighted by Crippen LogP contribution is -2.10. The molecular formula is C8H11NO4. The summed E-state index contributed by atoms with van der Waals surface area (Å²) in [6, 6.07) is 0. The standard InChI is InChI=1S/C8H11NO4/c1-3-5(2)13-8-9-6(4-12-8)7(10)11/h4-5H,3H2,1-2H3,(H,10,11). The van der Waals surface area contributed by atoms with Gasteiger partial charge in [0.2, 0.25) is 0 Å². The van der Waals surface area contributed by atoms with Crippen LogP contribution in [-0.4, -0.2) is 22.2 Å². The van der Waals surface area contributed by atoms with Crippen LogP contribution in [0.5, 0.6) is 6.08 Å². The molecule has 0 fully saturated rings. The molecule has 0 bridgehead atoms. The summed E-state index contributed by atoms with van der Waals surface area (Å²) >= 11 is 0. The number of hydrogen-bond acceptors (Lipinski definition) is 4. The lowest BCUT2D eigenvalue weighted by Gasteiger charge is -2.06. The van der Waals surface area contributed by atoms with Crippen molar-refractivity contribution in [3.63, 3.8) is 0 Å². The number of carboxylic acids is 1. The molecule has 0 aromatic carbocycles. The molecular weight excluding hydrogens is 174 g/mol. The van der Waals surface area contributed by atoms with Gasteiger partial charge in [-0.3, -0.25) is 0 Å². The smallest absolute Gasteiger partial charge is 0.394 e. The van der Waals surface area contributed by atoms with Crippen LogP contribution in [0, 0.1) is 0 Å². The number of nitrogens with zero attached hydrogens (tertiary/aromatic N) is 1. The van der Waals surface area contributed by atoms with Crippen molar-refractivity contribution >= 4 is 5.97 Å². The van der Waals surface area contributed by atoms with Gasteiger partial charge in [-0.1, -0.05) is 6.92 Å². The van der Waals surface area contributed by atoms with E-state index in [2.05, 4.69) is 4.98 Å². The van der Waals surface area contributed by atoms with Crippen LogP contribution in [0.2, 0.25) is 0 Å². The first-order chi connectivity index (χ1) is 6.13. The highest BCUT2D eigenvalue weighted by atomic mass is 16.6. The van der Waals surface area contributed by atoms with E-state index in [0.29, 0.717) is 0 Å². The molecule has 0 spiro atoms. The van der Waals surface area contributed by atoms with Gasteiger partial charge in [0.15, 0.2) is 5.69 Å². The quantitative estimate of drug-likeness (QED) is 0.770. The lowest BCUT2D eigenvalue weighted by atomic mass is 10.3. The van der Waals surface area contributed by atoms with Gasteiger partial charge in [0.25, 0.3) is 0 Å². The first-order valence-electron chi connectivity index (χ1n) is 3.99. The molecule has 72 valence electrons. The second-order valence-corrected chi connectivity index (χ2v) is 2.64. The normalized spacial score (nSPS) is 12.5. The molecule has 5 nitrogen and oxygen atoms in total. The Kier molecular flexibility index (Phi) is 2.89. The number of oxazole rings is 1. The minimum absolute atomic E-state index is 0.00625. The maximum atomic E-state index is 10.4. The predicted octanol–water partition coefficient (Wildman–Crippen LogP) is 1.55. The average Bonchev–Trinajstić information content (AvgIpc) is 2.52. The average molecular weight is 185 g/mol. The predicted molar refractivity (Wildman–Crippen MR) is 43.8 cm³/mol. The van der Waals surface area contributed by atoms with E-state index in [9.17, 15) is 4.79 Å². The first kappa shape index (κ1) is 9.57. The molecule has 1 rings (SSSR count). The molecule has 0 aliphatic carbocycles. The van der Waals surface area contributed by atoms with Crippen LogP contribution in [0.1, 0.15) is 30.8 Å². The summed E-state index contributed by atoms with van der Waals surface area (Å²) in [5, 5.41) is 8.51. The number of carboxylic acid groups (broad SMARTS) is 1. The van der Waals surface area contributed by atoms with E-state index in [1.54, 1.807) is 0 Å². The monoisotopic (exact) mass is 185 g/mol. The van der Waals surface area contributed by atoms with E-state index in [1.807, 2.05) is 13.8 Å². The SMILES string of the molecule is CCC(C)Oc1nc(C(=O)O)co1. The summed E-state index contributed by atoms with van der Waals surface area (Å²) in [5.74, 6) is -1.12. The van der Waals surface area contributed by atoms with Crippen molar-refractivity contribution < 1.29 is 19.1 Å². The van der Waals surface area contributed by atoms with Crippen molar-refractivity contribution in [1.29, 1.82) is 0 Å². The molecule has 0 saturated carbocycles. The number of rotatable bonds is 4. The molecule has 0 radical (unpaired) electrons. The molecule has 1 atom stereocenters. The Morgan fingerprint density at radius 1 is 1.85 bits per heavy atom. The second kappa shape index (κ2) is 3.93. The maximum absolute atomic E-state index is 10.4. The molecule has 0 aliphatic heterocycles. The number of aromatic nitrogens is 1. The first-order valence-corrected chi connectivity index (χ1v) is 3.99. The van der Waals surface area contributed by atoms with Gasteiger partial charge in [-0.15, -0.1) is 0 Å². The van der Waals surface area contributed by atoms with E-state index in [-0.39, 0.29) is 17.9 Å². The van der Waals surface area contributed by atoms with Crippen molar-refractivity contribution in [3.05, 3.63) is 12.0 Å². The van der Waals surface area contributed by atoms with Gasteiger partial charge in [0, 0.05) is 0 Å². The Bertz CT molecular complexity index is 294. The van der Waals surface area contributed by atoms with Crippen LogP contribution in [0.3, 0.4) is 0 Å². The summed E-state index contributed by atoms with van der Waals surface area (Å²) in [7, 11) is 0. The zero-order valence-electron chi connectivity index (χ0n) is 7.48. The molecule has 13 heavy (non-hydrogen) atoms. The van der Waals surface area contributed by atoms with Gasteiger partial charge in [0.1, 0.15) is 12.4 Å². The summed E-state index contributed by atoms with van der Waals surface area (Å²) in [5.41, 5.74) is -0.140. The third-order valence-corrected chi connectivity index (χ3v) is 1.58. The van der Waals surface area contributed by atoms with Crippen molar-refractivity contribution in [2.24, 2.45) is 0 Å². The van der Waals surface area contributed by atoms with Crippen LogP contribution in [-0.2, 0) is 0 Å². The highest BCUT2D eigenvalue weighted by Gasteiger charge is 2.12. The zero-order chi connectivity index (χ0) is 9.84. The molecule has 0 aliphatic rings. The fourth-order valence-electron chi connectivity index (χ4n) is 0.665. The van der Waals surface area contributed by atoms with Gasteiger partial charge in [0.05, 0.1) is 0 Å². The molecule has 1 N–H and O–H groups in total. The molecule has 5 heteroatoms. The van der Waals surface area contributed by atoms with Crippen LogP contribution >= 0.6 is 0 Å². The van der Waals surface area contributed by atoms with E-state index >= 15 is 0 Å². The third kappa shape index (κ3) is 2.47. The highest BCUT2D eigenvalue weighted by Crippen LogP contribution is 2.12. The summed E-state index contributed by atoms with van der Waals surface area (Å²) < 4.78 is 9.94. The van der Waals surface area contributed by atoms with Gasteiger partial charge < -0.3 is 14.3 Å². The van der Waals surface area contributed by atoms with E-state index in [4.69, 9.17) is 14.3 Å². The lowest BCUT2D eigenvalue weighted by molar-refractivity contribution is 0.0689. The summed E-state index contributed by atoms with van der Waals surface area (Å²) in [4.78, 5) is 14.0. The topological polar surface area (TPSA) is 72.6 Å². The molecule has 1 unspecified atom stereocenters. The van der Waals surface area contributed by atoms with Crippen molar-refractivity contribution in [2.45, 2.75) is 26.4 Å². The Morgan fingerprint density at radius 3 is 3.00 bits per heavy atom. The summed E-state index contributed by atoms with van der Waals surface area (Å²) in [6.07, 6.45) is 1.84. The molecule has 1 aromatic heterocycles. The fraction of sp³-hybridized carbons (Fsp3) is 0.500. The van der Waals surface area contributed by atoms with Gasteiger partial charge in [-0.25, -0.2) is 4.79 Å². The Morgan fingerprint density at radius 2 is 2.54 bits per heavy atom. The third-order valence-electron chi connectivity index (χ3n) is 1.58. The van der Waals surface area contributed by atoms with E-state index < -0.39 is 5.97 Å². The van der Waals surface area contributed by atoms with Crippen LogP contribution in [0.4, 0.5) is 0 Å². The fourth-order valence-corrected chi connectivity index (χ4v) is 0.665. The molecule has 0 amide bonds. The Labute approximate surface area is 75.3 Å². The van der Waals surface area contributed by atoms with Crippen molar-refractivity contribution in [3.8, 4) is 6.08 Å². The van der Waals surface area contributed by atoms with E-state index in [0.717, 1.165) is 12.7 Å². The Hall–Kier alpha value is -1.52. The molecule has 0 saturated heterocycles. The van der Waals surface area contributed by atoms with Crippen LogP contribution in [0.15, 0.2) is 10.7 Å². The summed E-state index contributed by atoms with van der Waals surface area (Å²) in [6.45, 7) is 3.80. The number of ether oxygens (including phenoxy) is 1. The van der Waals surface area contributed by atoms with Crippen molar-refractivity contribution in [1.82, 2.24) is 4.98 Å². The number of hydrogen-bond donors (Lipinski definition) is 1. The number of carbonyl (C=O) groups is 1. The van der Waals surface area contributed by atoms with Crippen molar-refractivity contribution in [2.75, 3.05) is 0 Å². The van der Waals surface area contributed by atoms with Gasteiger partial charge >= 0.3 is 12.0 Å². The van der Waals surface area contributed by atoms with Gasteiger partial charge in [-0.05, 0) is 13.3 Å². The van der Waals surface area contributed by atoms with Crippen LogP contribution in [0.25, 0.3) is 0 Å². The molecule has 1 aromatic rings. The largest absolute Gasteiger partial charge is 0.476 e. The molecule has 1 heterocycles. The minimum Gasteiger partial charge on any atom is -0.476 e. The van der Waals surface area contributed by atoms with Gasteiger partial charge in [-0.2, -0.15) is 4.98 Å².